The maximum atomic E-state index is 12.0. The molecule has 2 rings (SSSR count). The number of nitrogens with zero attached hydrogens (tertiary/aromatic N) is 3. The Kier molecular flexibility index (Phi) is 3.41. The zero-order chi connectivity index (χ0) is 11.5. The monoisotopic (exact) mass is 221 g/mol. The molecule has 88 valence electrons. The van der Waals surface area contributed by atoms with E-state index in [0.717, 1.165) is 31.9 Å². The molecule has 2 heterocycles. The molecule has 0 N–H and O–H groups in total. The molecule has 0 aliphatic carbocycles. The first-order valence-electron chi connectivity index (χ1n) is 5.72. The first kappa shape index (κ1) is 11.4. The molecule has 0 unspecified atom stereocenters. The molecule has 1 aromatic rings. The molecule has 4 heteroatoms. The number of hydrogen-bond acceptors (Lipinski definition) is 3. The van der Waals surface area contributed by atoms with E-state index in [4.69, 9.17) is 0 Å². The summed E-state index contributed by atoms with van der Waals surface area (Å²) in [5.41, 5.74) is 0.805. The third kappa shape index (κ3) is 2.51. The molecule has 1 aromatic heterocycles. The second-order valence-corrected chi connectivity index (χ2v) is 4.51. The van der Waals surface area contributed by atoms with Gasteiger partial charge in [0.05, 0.1) is 12.2 Å². The van der Waals surface area contributed by atoms with Crippen LogP contribution in [0.2, 0.25) is 0 Å². The highest BCUT2D eigenvalue weighted by Gasteiger charge is 2.18. The molecule has 0 aromatic carbocycles. The topological polar surface area (TPSA) is 28.5 Å². The van der Waals surface area contributed by atoms with Crippen LogP contribution in [-0.2, 0) is 7.05 Å². The minimum atomic E-state index is 0.219. The number of Topliss-reactive ketones (excluding diaryl/α,β-unsaturated/α-hetero) is 1. The fourth-order valence-electron chi connectivity index (χ4n) is 2.04. The van der Waals surface area contributed by atoms with Crippen LogP contribution in [0, 0.1) is 0 Å². The van der Waals surface area contributed by atoms with E-state index < -0.39 is 0 Å². The maximum absolute atomic E-state index is 12.0. The zero-order valence-corrected chi connectivity index (χ0v) is 10.0. The summed E-state index contributed by atoms with van der Waals surface area (Å²) in [7, 11) is 4.04. The molecule has 1 saturated heterocycles. The van der Waals surface area contributed by atoms with E-state index in [-0.39, 0.29) is 5.78 Å². The number of hydrogen-bond donors (Lipinski definition) is 0. The van der Waals surface area contributed by atoms with Crippen LogP contribution in [0.1, 0.15) is 10.5 Å². The van der Waals surface area contributed by atoms with Gasteiger partial charge in [-0.15, -0.1) is 0 Å². The second kappa shape index (κ2) is 4.80. The van der Waals surface area contributed by atoms with Crippen molar-refractivity contribution >= 4 is 5.78 Å². The predicted molar refractivity (Wildman–Crippen MR) is 63.7 cm³/mol. The predicted octanol–water partition coefficient (Wildman–Crippen LogP) is 0.455. The summed E-state index contributed by atoms with van der Waals surface area (Å²) >= 11 is 0. The Hall–Kier alpha value is -1.13. The van der Waals surface area contributed by atoms with E-state index in [1.165, 1.54) is 0 Å². The lowest BCUT2D eigenvalue weighted by Crippen LogP contribution is -2.46. The standard InChI is InChI=1S/C12H19N3O/c1-13-6-8-15(9-7-13)10-12(16)11-4-3-5-14(11)2/h3-5H,6-10H2,1-2H3. The highest BCUT2D eigenvalue weighted by atomic mass is 16.1. The number of likely N-dealkylation sites (N-methyl/N-ethyl adjacent to an activating group) is 1. The average molecular weight is 221 g/mol. The fourth-order valence-corrected chi connectivity index (χ4v) is 2.04. The van der Waals surface area contributed by atoms with Crippen LogP contribution in [0.25, 0.3) is 0 Å². The first-order valence-corrected chi connectivity index (χ1v) is 5.72. The van der Waals surface area contributed by atoms with Gasteiger partial charge < -0.3 is 9.47 Å². The molecule has 0 atom stereocenters. The molecule has 1 aliphatic rings. The van der Waals surface area contributed by atoms with E-state index in [0.29, 0.717) is 6.54 Å². The lowest BCUT2D eigenvalue weighted by atomic mass is 10.2. The van der Waals surface area contributed by atoms with E-state index >= 15 is 0 Å². The van der Waals surface area contributed by atoms with Gasteiger partial charge >= 0.3 is 0 Å². The van der Waals surface area contributed by atoms with E-state index in [2.05, 4.69) is 16.8 Å². The number of piperazine rings is 1. The molecule has 0 bridgehead atoms. The number of aryl methyl sites for hydroxylation is 1. The SMILES string of the molecule is CN1CCN(CC(=O)c2cccn2C)CC1. The number of aromatic nitrogens is 1. The number of ketones is 1. The van der Waals surface area contributed by atoms with Gasteiger partial charge in [0.1, 0.15) is 0 Å². The van der Waals surface area contributed by atoms with Crippen LogP contribution in [0.3, 0.4) is 0 Å². The van der Waals surface area contributed by atoms with Crippen molar-refractivity contribution in [1.82, 2.24) is 14.4 Å². The van der Waals surface area contributed by atoms with Gasteiger partial charge in [0.25, 0.3) is 0 Å². The van der Waals surface area contributed by atoms with Crippen molar-refractivity contribution in [3.8, 4) is 0 Å². The maximum Gasteiger partial charge on any atom is 0.193 e. The summed E-state index contributed by atoms with van der Waals surface area (Å²) in [5, 5.41) is 0. The van der Waals surface area contributed by atoms with Crippen molar-refractivity contribution in [2.75, 3.05) is 39.8 Å². The lowest BCUT2D eigenvalue weighted by Gasteiger charge is -2.31. The van der Waals surface area contributed by atoms with Crippen LogP contribution in [-0.4, -0.2) is 59.9 Å². The van der Waals surface area contributed by atoms with Crippen molar-refractivity contribution in [2.45, 2.75) is 0 Å². The molecule has 4 nitrogen and oxygen atoms in total. The Morgan fingerprint density at radius 3 is 2.50 bits per heavy atom. The van der Waals surface area contributed by atoms with Gasteiger partial charge in [-0.25, -0.2) is 0 Å². The third-order valence-corrected chi connectivity index (χ3v) is 3.19. The summed E-state index contributed by atoms with van der Waals surface area (Å²) in [6.07, 6.45) is 1.91. The van der Waals surface area contributed by atoms with E-state index in [9.17, 15) is 4.79 Å². The van der Waals surface area contributed by atoms with Crippen LogP contribution >= 0.6 is 0 Å². The summed E-state index contributed by atoms with van der Waals surface area (Å²) in [5.74, 6) is 0.219. The first-order chi connectivity index (χ1) is 7.66. The van der Waals surface area contributed by atoms with E-state index in [1.54, 1.807) is 0 Å². The van der Waals surface area contributed by atoms with Gasteiger partial charge in [-0.05, 0) is 19.2 Å². The van der Waals surface area contributed by atoms with Crippen molar-refractivity contribution < 1.29 is 4.79 Å². The minimum absolute atomic E-state index is 0.219. The highest BCUT2D eigenvalue weighted by Crippen LogP contribution is 2.05. The smallest absolute Gasteiger partial charge is 0.193 e. The van der Waals surface area contributed by atoms with Gasteiger partial charge in [-0.3, -0.25) is 9.69 Å². The molecule has 0 amide bonds. The molecule has 1 aliphatic heterocycles. The zero-order valence-electron chi connectivity index (χ0n) is 10.0. The second-order valence-electron chi connectivity index (χ2n) is 4.51. The molecule has 0 radical (unpaired) electrons. The molecule has 0 spiro atoms. The van der Waals surface area contributed by atoms with Gasteiger partial charge in [0.15, 0.2) is 5.78 Å². The molecule has 0 saturated carbocycles. The lowest BCUT2D eigenvalue weighted by molar-refractivity contribution is 0.0868. The van der Waals surface area contributed by atoms with Gasteiger partial charge in [0.2, 0.25) is 0 Å². The van der Waals surface area contributed by atoms with Crippen LogP contribution in [0.15, 0.2) is 18.3 Å². The highest BCUT2D eigenvalue weighted by molar-refractivity contribution is 5.96. The average Bonchev–Trinajstić information content (AvgIpc) is 2.68. The van der Waals surface area contributed by atoms with Crippen molar-refractivity contribution in [3.63, 3.8) is 0 Å². The van der Waals surface area contributed by atoms with Crippen LogP contribution in [0.4, 0.5) is 0 Å². The van der Waals surface area contributed by atoms with Crippen LogP contribution < -0.4 is 0 Å². The Morgan fingerprint density at radius 2 is 1.94 bits per heavy atom. The van der Waals surface area contributed by atoms with Gasteiger partial charge in [-0.2, -0.15) is 0 Å². The molecular weight excluding hydrogens is 202 g/mol. The Labute approximate surface area is 96.4 Å². The van der Waals surface area contributed by atoms with Gasteiger partial charge in [0, 0.05) is 39.4 Å². The molecular formula is C12H19N3O. The normalized spacial score (nSPS) is 18.9. The fraction of sp³-hybridized carbons (Fsp3) is 0.583. The minimum Gasteiger partial charge on any atom is -0.348 e. The molecule has 1 fully saturated rings. The largest absolute Gasteiger partial charge is 0.348 e. The van der Waals surface area contributed by atoms with Crippen molar-refractivity contribution in [1.29, 1.82) is 0 Å². The summed E-state index contributed by atoms with van der Waals surface area (Å²) in [6, 6.07) is 3.80. The Bertz CT molecular complexity index is 364. The van der Waals surface area contributed by atoms with E-state index in [1.807, 2.05) is 29.9 Å². The summed E-state index contributed by atoms with van der Waals surface area (Å²) in [6.45, 7) is 4.64. The van der Waals surface area contributed by atoms with Gasteiger partial charge in [-0.1, -0.05) is 0 Å². The van der Waals surface area contributed by atoms with Crippen molar-refractivity contribution in [3.05, 3.63) is 24.0 Å². The van der Waals surface area contributed by atoms with Crippen molar-refractivity contribution in [2.24, 2.45) is 7.05 Å². The Morgan fingerprint density at radius 1 is 1.25 bits per heavy atom. The molecule has 16 heavy (non-hydrogen) atoms. The number of carbonyl (C=O) groups excluding carboxylic acids is 1. The summed E-state index contributed by atoms with van der Waals surface area (Å²) < 4.78 is 1.89. The quantitative estimate of drug-likeness (QED) is 0.694. The summed E-state index contributed by atoms with van der Waals surface area (Å²) in [4.78, 5) is 16.5. The third-order valence-electron chi connectivity index (χ3n) is 3.19. The Balaban J connectivity index is 1.91. The number of carbonyl (C=O) groups is 1. The number of rotatable bonds is 3. The van der Waals surface area contributed by atoms with Crippen LogP contribution in [0.5, 0.6) is 0 Å².